The Morgan fingerprint density at radius 2 is 1.87 bits per heavy atom. The molecule has 5 heteroatoms. The van der Waals surface area contributed by atoms with Crippen LogP contribution in [0.1, 0.15) is 29.2 Å². The lowest BCUT2D eigenvalue weighted by atomic mass is 10.0. The first-order valence-electron chi connectivity index (χ1n) is 7.36. The van der Waals surface area contributed by atoms with E-state index in [-0.39, 0.29) is 12.3 Å². The zero-order valence-corrected chi connectivity index (χ0v) is 13.6. The Balaban J connectivity index is 1.97. The Morgan fingerprint density at radius 3 is 2.48 bits per heavy atom. The summed E-state index contributed by atoms with van der Waals surface area (Å²) in [5, 5.41) is 3.37. The summed E-state index contributed by atoms with van der Waals surface area (Å²) in [5.74, 6) is -0.808. The summed E-state index contributed by atoms with van der Waals surface area (Å²) >= 11 is 6.07. The minimum absolute atomic E-state index is 0.227. The summed E-state index contributed by atoms with van der Waals surface area (Å²) in [5.41, 5.74) is 8.04. The van der Waals surface area contributed by atoms with Crippen LogP contribution in [0.3, 0.4) is 0 Å². The van der Waals surface area contributed by atoms with Gasteiger partial charge in [-0.3, -0.25) is 9.59 Å². The van der Waals surface area contributed by atoms with Gasteiger partial charge in [0.25, 0.3) is 0 Å². The fourth-order valence-electron chi connectivity index (χ4n) is 2.25. The molecule has 2 aromatic carbocycles. The maximum absolute atomic E-state index is 12.1. The molecular formula is C18H19ClN2O2. The molecule has 0 fully saturated rings. The molecule has 0 aliphatic heterocycles. The zero-order valence-electron chi connectivity index (χ0n) is 12.9. The van der Waals surface area contributed by atoms with E-state index in [1.54, 1.807) is 24.3 Å². The van der Waals surface area contributed by atoms with Crippen molar-refractivity contribution in [1.82, 2.24) is 5.32 Å². The Kier molecular flexibility index (Phi) is 5.77. The molecule has 23 heavy (non-hydrogen) atoms. The van der Waals surface area contributed by atoms with Crippen molar-refractivity contribution in [1.29, 1.82) is 0 Å². The number of hydrogen-bond donors (Lipinski definition) is 2. The van der Waals surface area contributed by atoms with Crippen LogP contribution in [0.25, 0.3) is 0 Å². The minimum atomic E-state index is -0.815. The SMILES string of the molecule is Cc1ccc(CCC(=O)N[C@@H](C(N)=O)c2ccccc2)cc1Cl. The van der Waals surface area contributed by atoms with Crippen molar-refractivity contribution >= 4 is 23.4 Å². The highest BCUT2D eigenvalue weighted by molar-refractivity contribution is 6.31. The van der Waals surface area contributed by atoms with E-state index in [1.807, 2.05) is 31.2 Å². The van der Waals surface area contributed by atoms with Crippen molar-refractivity contribution in [2.24, 2.45) is 5.73 Å². The maximum atomic E-state index is 12.1. The average molecular weight is 331 g/mol. The molecule has 2 rings (SSSR count). The first-order chi connectivity index (χ1) is 11.0. The quantitative estimate of drug-likeness (QED) is 0.854. The van der Waals surface area contributed by atoms with Crippen LogP contribution < -0.4 is 11.1 Å². The van der Waals surface area contributed by atoms with E-state index in [0.29, 0.717) is 17.0 Å². The Morgan fingerprint density at radius 1 is 1.17 bits per heavy atom. The standard InChI is InChI=1S/C18H19ClN2O2/c1-12-7-8-13(11-15(12)19)9-10-16(22)21-17(18(20)23)14-5-3-2-4-6-14/h2-8,11,17H,9-10H2,1H3,(H2,20,23)(H,21,22)/t17-/m1/s1. The van der Waals surface area contributed by atoms with Crippen LogP contribution in [-0.2, 0) is 16.0 Å². The number of halogens is 1. The van der Waals surface area contributed by atoms with Gasteiger partial charge in [0.05, 0.1) is 0 Å². The molecule has 3 N–H and O–H groups in total. The molecular weight excluding hydrogens is 312 g/mol. The molecule has 0 heterocycles. The summed E-state index contributed by atoms with van der Waals surface area (Å²) in [7, 11) is 0. The van der Waals surface area contributed by atoms with Crippen molar-refractivity contribution in [3.8, 4) is 0 Å². The minimum Gasteiger partial charge on any atom is -0.368 e. The van der Waals surface area contributed by atoms with Crippen molar-refractivity contribution in [3.63, 3.8) is 0 Å². The predicted molar refractivity (Wildman–Crippen MR) is 91.0 cm³/mol. The lowest BCUT2D eigenvalue weighted by molar-refractivity contribution is -0.127. The van der Waals surface area contributed by atoms with E-state index in [9.17, 15) is 9.59 Å². The number of benzene rings is 2. The summed E-state index contributed by atoms with van der Waals surface area (Å²) in [6.45, 7) is 1.93. The Bertz CT molecular complexity index is 701. The van der Waals surface area contributed by atoms with E-state index < -0.39 is 11.9 Å². The van der Waals surface area contributed by atoms with E-state index in [0.717, 1.165) is 11.1 Å². The van der Waals surface area contributed by atoms with Crippen LogP contribution in [0.15, 0.2) is 48.5 Å². The smallest absolute Gasteiger partial charge is 0.244 e. The third kappa shape index (κ3) is 4.83. The largest absolute Gasteiger partial charge is 0.368 e. The fraction of sp³-hybridized carbons (Fsp3) is 0.222. The summed E-state index contributed by atoms with van der Waals surface area (Å²) in [6.07, 6.45) is 0.808. The molecule has 0 aromatic heterocycles. The molecule has 0 radical (unpaired) electrons. The first-order valence-corrected chi connectivity index (χ1v) is 7.74. The van der Waals surface area contributed by atoms with Crippen LogP contribution in [0.5, 0.6) is 0 Å². The van der Waals surface area contributed by atoms with Crippen molar-refractivity contribution < 1.29 is 9.59 Å². The second kappa shape index (κ2) is 7.79. The third-order valence-corrected chi connectivity index (χ3v) is 4.01. The molecule has 2 aromatic rings. The Labute approximate surface area is 140 Å². The van der Waals surface area contributed by atoms with Gasteiger partial charge in [0, 0.05) is 11.4 Å². The molecule has 1 atom stereocenters. The average Bonchev–Trinajstić information content (AvgIpc) is 2.54. The van der Waals surface area contributed by atoms with Gasteiger partial charge in [-0.2, -0.15) is 0 Å². The molecule has 0 aliphatic carbocycles. The van der Waals surface area contributed by atoms with Crippen LogP contribution in [0, 0.1) is 6.92 Å². The molecule has 0 saturated heterocycles. The predicted octanol–water partition coefficient (Wildman–Crippen LogP) is 2.92. The van der Waals surface area contributed by atoms with Crippen LogP contribution in [0.4, 0.5) is 0 Å². The maximum Gasteiger partial charge on any atom is 0.244 e. The number of hydrogen-bond acceptors (Lipinski definition) is 2. The van der Waals surface area contributed by atoms with Crippen LogP contribution in [-0.4, -0.2) is 11.8 Å². The number of amides is 2. The highest BCUT2D eigenvalue weighted by atomic mass is 35.5. The number of nitrogens with two attached hydrogens (primary N) is 1. The number of aryl methyl sites for hydroxylation is 2. The zero-order chi connectivity index (χ0) is 16.8. The Hall–Kier alpha value is -2.33. The summed E-state index contributed by atoms with van der Waals surface area (Å²) in [4.78, 5) is 23.7. The molecule has 0 unspecified atom stereocenters. The van der Waals surface area contributed by atoms with E-state index in [2.05, 4.69) is 5.32 Å². The highest BCUT2D eigenvalue weighted by Gasteiger charge is 2.19. The third-order valence-electron chi connectivity index (χ3n) is 3.60. The van der Waals surface area contributed by atoms with Crippen molar-refractivity contribution in [2.75, 3.05) is 0 Å². The monoisotopic (exact) mass is 330 g/mol. The van der Waals surface area contributed by atoms with Gasteiger partial charge in [0.1, 0.15) is 6.04 Å². The summed E-state index contributed by atoms with van der Waals surface area (Å²) < 4.78 is 0. The van der Waals surface area contributed by atoms with Crippen molar-refractivity contribution in [2.45, 2.75) is 25.8 Å². The van der Waals surface area contributed by atoms with Gasteiger partial charge in [0.2, 0.25) is 11.8 Å². The van der Waals surface area contributed by atoms with Gasteiger partial charge in [-0.05, 0) is 36.1 Å². The second-order valence-corrected chi connectivity index (χ2v) is 5.80. The van der Waals surface area contributed by atoms with Gasteiger partial charge in [-0.1, -0.05) is 54.1 Å². The lowest BCUT2D eigenvalue weighted by Gasteiger charge is -2.16. The van der Waals surface area contributed by atoms with Gasteiger partial charge in [-0.25, -0.2) is 0 Å². The van der Waals surface area contributed by atoms with E-state index in [4.69, 9.17) is 17.3 Å². The number of rotatable bonds is 6. The van der Waals surface area contributed by atoms with Crippen LogP contribution >= 0.6 is 11.6 Å². The van der Waals surface area contributed by atoms with Gasteiger partial charge in [-0.15, -0.1) is 0 Å². The molecule has 0 saturated carbocycles. The van der Waals surface area contributed by atoms with Crippen molar-refractivity contribution in [3.05, 3.63) is 70.2 Å². The fourth-order valence-corrected chi connectivity index (χ4v) is 2.45. The first kappa shape index (κ1) is 17.0. The second-order valence-electron chi connectivity index (χ2n) is 5.40. The highest BCUT2D eigenvalue weighted by Crippen LogP contribution is 2.18. The number of primary amides is 1. The molecule has 0 bridgehead atoms. The molecule has 0 aliphatic rings. The lowest BCUT2D eigenvalue weighted by Crippen LogP contribution is -2.37. The molecule has 4 nitrogen and oxygen atoms in total. The number of carbonyl (C=O) groups is 2. The topological polar surface area (TPSA) is 72.2 Å². The molecule has 120 valence electrons. The number of nitrogens with one attached hydrogen (secondary N) is 1. The van der Waals surface area contributed by atoms with Gasteiger partial charge < -0.3 is 11.1 Å². The van der Waals surface area contributed by atoms with Gasteiger partial charge >= 0.3 is 0 Å². The van der Waals surface area contributed by atoms with Gasteiger partial charge in [0.15, 0.2) is 0 Å². The normalized spacial score (nSPS) is 11.7. The molecule has 0 spiro atoms. The summed E-state index contributed by atoms with van der Waals surface area (Å²) in [6, 6.07) is 13.9. The number of carbonyl (C=O) groups excluding carboxylic acids is 2. The van der Waals surface area contributed by atoms with Crippen LogP contribution in [0.2, 0.25) is 5.02 Å². The van der Waals surface area contributed by atoms with E-state index >= 15 is 0 Å². The molecule has 2 amide bonds. The van der Waals surface area contributed by atoms with E-state index in [1.165, 1.54) is 0 Å².